The summed E-state index contributed by atoms with van der Waals surface area (Å²) in [6.45, 7) is 1.58. The molecule has 1 unspecified atom stereocenters. The fraction of sp³-hybridized carbons (Fsp3) is 0.222. The van der Waals surface area contributed by atoms with Crippen molar-refractivity contribution < 1.29 is 8.42 Å². The first-order valence-corrected chi connectivity index (χ1v) is 7.35. The Morgan fingerprint density at radius 1 is 1.37 bits per heavy atom. The number of aromatic amines is 1. The highest BCUT2D eigenvalue weighted by molar-refractivity contribution is 7.89. The lowest BCUT2D eigenvalue weighted by molar-refractivity contribution is 0.560. The number of hydrogen-bond donors (Lipinski definition) is 2. The van der Waals surface area contributed by atoms with Crippen molar-refractivity contribution in [1.82, 2.24) is 25.3 Å². The summed E-state index contributed by atoms with van der Waals surface area (Å²) in [4.78, 5) is -0.1000. The highest BCUT2D eigenvalue weighted by Gasteiger charge is 2.23. The van der Waals surface area contributed by atoms with Crippen LogP contribution in [0.25, 0.3) is 0 Å². The molecule has 1 aromatic carbocycles. The van der Waals surface area contributed by atoms with Gasteiger partial charge in [-0.25, -0.2) is 13.1 Å². The van der Waals surface area contributed by atoms with Crippen molar-refractivity contribution in [2.24, 2.45) is 0 Å². The summed E-state index contributed by atoms with van der Waals surface area (Å²) in [5.74, 6) is 0.224. The van der Waals surface area contributed by atoms with E-state index in [2.05, 4.69) is 25.3 Å². The molecule has 2 rings (SSSR count). The van der Waals surface area contributed by atoms with Crippen LogP contribution >= 0.6 is 23.2 Å². The fourth-order valence-corrected chi connectivity index (χ4v) is 3.35. The monoisotopic (exact) mass is 321 g/mol. The first-order valence-electron chi connectivity index (χ1n) is 5.11. The number of halogens is 2. The predicted molar refractivity (Wildman–Crippen MR) is 69.4 cm³/mol. The van der Waals surface area contributed by atoms with Crippen LogP contribution in [0.15, 0.2) is 23.1 Å². The summed E-state index contributed by atoms with van der Waals surface area (Å²) < 4.78 is 26.7. The normalized spacial score (nSPS) is 13.4. The van der Waals surface area contributed by atoms with Crippen molar-refractivity contribution >= 4 is 33.2 Å². The van der Waals surface area contributed by atoms with E-state index in [0.717, 1.165) is 0 Å². The van der Waals surface area contributed by atoms with Crippen LogP contribution in [0, 0.1) is 0 Å². The molecule has 102 valence electrons. The van der Waals surface area contributed by atoms with Gasteiger partial charge in [-0.2, -0.15) is 5.21 Å². The number of nitrogens with zero attached hydrogens (tertiary/aromatic N) is 3. The number of H-pyrrole nitrogens is 1. The minimum absolute atomic E-state index is 0.0808. The van der Waals surface area contributed by atoms with Gasteiger partial charge < -0.3 is 0 Å². The fourth-order valence-electron chi connectivity index (χ4n) is 1.39. The van der Waals surface area contributed by atoms with Gasteiger partial charge in [-0.1, -0.05) is 28.4 Å². The Kier molecular flexibility index (Phi) is 4.04. The van der Waals surface area contributed by atoms with Gasteiger partial charge in [0.05, 0.1) is 11.1 Å². The zero-order valence-corrected chi connectivity index (χ0v) is 12.0. The van der Waals surface area contributed by atoms with Crippen LogP contribution in [-0.2, 0) is 10.0 Å². The van der Waals surface area contributed by atoms with Crippen molar-refractivity contribution in [1.29, 1.82) is 0 Å². The summed E-state index contributed by atoms with van der Waals surface area (Å²) in [5, 5.41) is 13.4. The predicted octanol–water partition coefficient (Wildman–Crippen LogP) is 1.55. The van der Waals surface area contributed by atoms with Crippen LogP contribution in [0.4, 0.5) is 0 Å². The quantitative estimate of drug-likeness (QED) is 0.889. The standard InChI is InChI=1S/C9H9Cl2N5O2S/c1-5(9-12-15-16-13-9)14-19(17,18)8-4-6(10)2-3-7(8)11/h2-5,14H,1H3,(H,12,13,15,16). The van der Waals surface area contributed by atoms with Crippen LogP contribution in [0.3, 0.4) is 0 Å². The minimum atomic E-state index is -3.83. The highest BCUT2D eigenvalue weighted by Crippen LogP contribution is 2.25. The van der Waals surface area contributed by atoms with Crippen molar-refractivity contribution in [3.63, 3.8) is 0 Å². The summed E-state index contributed by atoms with van der Waals surface area (Å²) in [6, 6.07) is 3.54. The Labute approximate surface area is 119 Å². The minimum Gasteiger partial charge on any atom is -0.207 e. The van der Waals surface area contributed by atoms with Gasteiger partial charge in [0.15, 0.2) is 5.82 Å². The van der Waals surface area contributed by atoms with Gasteiger partial charge in [0.1, 0.15) is 4.90 Å². The van der Waals surface area contributed by atoms with Crippen LogP contribution in [0.1, 0.15) is 18.8 Å². The molecule has 0 amide bonds. The molecular weight excluding hydrogens is 313 g/mol. The molecule has 1 aromatic heterocycles. The molecule has 1 atom stereocenters. The molecule has 19 heavy (non-hydrogen) atoms. The number of tetrazole rings is 1. The number of hydrogen-bond acceptors (Lipinski definition) is 5. The largest absolute Gasteiger partial charge is 0.242 e. The molecule has 0 radical (unpaired) electrons. The summed E-state index contributed by atoms with van der Waals surface area (Å²) in [6.07, 6.45) is 0. The van der Waals surface area contributed by atoms with Gasteiger partial charge >= 0.3 is 0 Å². The maximum atomic E-state index is 12.2. The van der Waals surface area contributed by atoms with Crippen LogP contribution < -0.4 is 4.72 Å². The van der Waals surface area contributed by atoms with Gasteiger partial charge in [-0.3, -0.25) is 0 Å². The molecule has 0 aliphatic carbocycles. The molecule has 0 spiro atoms. The number of sulfonamides is 1. The lowest BCUT2D eigenvalue weighted by Crippen LogP contribution is -2.27. The molecule has 0 saturated carbocycles. The SMILES string of the molecule is CC(NS(=O)(=O)c1cc(Cl)ccc1Cl)c1nn[nH]n1. The van der Waals surface area contributed by atoms with E-state index in [1.54, 1.807) is 6.92 Å². The van der Waals surface area contributed by atoms with Gasteiger partial charge in [-0.05, 0) is 25.1 Å². The van der Waals surface area contributed by atoms with Crippen LogP contribution in [-0.4, -0.2) is 29.0 Å². The third-order valence-corrected chi connectivity index (χ3v) is 4.52. The lowest BCUT2D eigenvalue weighted by Gasteiger charge is -2.12. The Morgan fingerprint density at radius 3 is 2.74 bits per heavy atom. The van der Waals surface area contributed by atoms with E-state index < -0.39 is 16.1 Å². The average Bonchev–Trinajstić information content (AvgIpc) is 2.85. The molecule has 1 heterocycles. The molecule has 2 N–H and O–H groups in total. The molecule has 0 saturated heterocycles. The second kappa shape index (κ2) is 5.41. The molecule has 0 aliphatic heterocycles. The Balaban J connectivity index is 2.30. The Bertz CT molecular complexity index is 674. The molecule has 0 bridgehead atoms. The average molecular weight is 322 g/mol. The van der Waals surface area contributed by atoms with E-state index in [0.29, 0.717) is 0 Å². The van der Waals surface area contributed by atoms with Crippen molar-refractivity contribution in [2.45, 2.75) is 17.9 Å². The molecule has 0 aliphatic rings. The highest BCUT2D eigenvalue weighted by atomic mass is 35.5. The van der Waals surface area contributed by atoms with E-state index in [1.807, 2.05) is 0 Å². The topological polar surface area (TPSA) is 101 Å². The van der Waals surface area contributed by atoms with Crippen molar-refractivity contribution in [2.75, 3.05) is 0 Å². The van der Waals surface area contributed by atoms with Gasteiger partial charge in [-0.15, -0.1) is 10.2 Å². The zero-order valence-electron chi connectivity index (χ0n) is 9.63. The lowest BCUT2D eigenvalue weighted by atomic mass is 10.3. The van der Waals surface area contributed by atoms with Crippen LogP contribution in [0.5, 0.6) is 0 Å². The third kappa shape index (κ3) is 3.21. The summed E-state index contributed by atoms with van der Waals surface area (Å²) >= 11 is 11.6. The second-order valence-corrected chi connectivity index (χ2v) is 6.21. The number of rotatable bonds is 4. The molecule has 7 nitrogen and oxygen atoms in total. The summed E-state index contributed by atoms with van der Waals surface area (Å²) in [7, 11) is -3.83. The molecular formula is C9H9Cl2N5O2S. The Morgan fingerprint density at radius 2 is 2.11 bits per heavy atom. The first-order chi connectivity index (χ1) is 8.90. The molecule has 2 aromatic rings. The van der Waals surface area contributed by atoms with E-state index in [4.69, 9.17) is 23.2 Å². The van der Waals surface area contributed by atoms with Crippen molar-refractivity contribution in [3.8, 4) is 0 Å². The first kappa shape index (κ1) is 14.2. The Hall–Kier alpha value is -1.22. The maximum absolute atomic E-state index is 12.2. The van der Waals surface area contributed by atoms with E-state index in [9.17, 15) is 8.42 Å². The van der Waals surface area contributed by atoms with E-state index in [-0.39, 0.29) is 20.8 Å². The zero-order chi connectivity index (χ0) is 14.0. The smallest absolute Gasteiger partial charge is 0.207 e. The van der Waals surface area contributed by atoms with E-state index >= 15 is 0 Å². The van der Waals surface area contributed by atoms with Gasteiger partial charge in [0.25, 0.3) is 0 Å². The van der Waals surface area contributed by atoms with E-state index in [1.165, 1.54) is 18.2 Å². The van der Waals surface area contributed by atoms with Crippen LogP contribution in [0.2, 0.25) is 10.0 Å². The van der Waals surface area contributed by atoms with Gasteiger partial charge in [0.2, 0.25) is 10.0 Å². The molecule has 0 fully saturated rings. The number of aromatic nitrogens is 4. The third-order valence-electron chi connectivity index (χ3n) is 2.26. The number of nitrogens with one attached hydrogen (secondary N) is 2. The molecule has 10 heteroatoms. The maximum Gasteiger partial charge on any atom is 0.242 e. The van der Waals surface area contributed by atoms with Gasteiger partial charge in [0, 0.05) is 5.02 Å². The number of benzene rings is 1. The van der Waals surface area contributed by atoms with Crippen molar-refractivity contribution in [3.05, 3.63) is 34.1 Å². The summed E-state index contributed by atoms with van der Waals surface area (Å²) in [5.41, 5.74) is 0. The second-order valence-electron chi connectivity index (χ2n) is 3.69.